The number of likely N-dealkylation sites (tertiary alicyclic amines) is 1. The number of nitrogens with zero attached hydrogens (tertiary/aromatic N) is 1. The Bertz CT molecular complexity index is 312. The second kappa shape index (κ2) is 6.55. The molecule has 5 heteroatoms. The highest BCUT2D eigenvalue weighted by Gasteiger charge is 2.32. The molecule has 0 aromatic carbocycles. The van der Waals surface area contributed by atoms with Crippen LogP contribution in [0, 0.1) is 0 Å². The maximum absolute atomic E-state index is 12.1. The summed E-state index contributed by atoms with van der Waals surface area (Å²) >= 11 is 3.19. The topological polar surface area (TPSA) is 46.6 Å². The highest BCUT2D eigenvalue weighted by Crippen LogP contribution is 2.21. The molecule has 1 saturated heterocycles. The zero-order chi connectivity index (χ0) is 13.8. The van der Waals surface area contributed by atoms with E-state index >= 15 is 0 Å². The highest BCUT2D eigenvalue weighted by atomic mass is 79.9. The van der Waals surface area contributed by atoms with Gasteiger partial charge in [-0.25, -0.2) is 4.79 Å². The van der Waals surface area contributed by atoms with Crippen LogP contribution in [-0.4, -0.2) is 40.3 Å². The largest absolute Gasteiger partial charge is 0.444 e. The minimum Gasteiger partial charge on any atom is -0.444 e. The van der Waals surface area contributed by atoms with Crippen LogP contribution in [0.15, 0.2) is 0 Å². The molecule has 18 heavy (non-hydrogen) atoms. The predicted molar refractivity (Wildman–Crippen MR) is 74.0 cm³/mol. The van der Waals surface area contributed by atoms with Crippen molar-refractivity contribution in [3.63, 3.8) is 0 Å². The monoisotopic (exact) mass is 319 g/mol. The average molecular weight is 320 g/mol. The number of carbonyl (C=O) groups is 2. The zero-order valence-electron chi connectivity index (χ0n) is 11.4. The summed E-state index contributed by atoms with van der Waals surface area (Å²) < 4.78 is 5.38. The Labute approximate surface area is 117 Å². The lowest BCUT2D eigenvalue weighted by molar-refractivity contribution is -0.121. The van der Waals surface area contributed by atoms with E-state index in [1.165, 1.54) is 0 Å². The number of hydrogen-bond donors (Lipinski definition) is 0. The van der Waals surface area contributed by atoms with Crippen molar-refractivity contribution in [1.82, 2.24) is 4.90 Å². The number of alkyl halides is 1. The van der Waals surface area contributed by atoms with Crippen LogP contribution in [0.1, 0.15) is 46.5 Å². The molecule has 0 aromatic rings. The van der Waals surface area contributed by atoms with Gasteiger partial charge in [-0.15, -0.1) is 0 Å². The second-order valence-electron chi connectivity index (χ2n) is 5.64. The molecule has 0 bridgehead atoms. The zero-order valence-corrected chi connectivity index (χ0v) is 13.0. The third-order valence-electron chi connectivity index (χ3n) is 2.88. The number of carbonyl (C=O) groups excluding carboxylic acids is 2. The molecule has 0 N–H and O–H groups in total. The lowest BCUT2D eigenvalue weighted by Gasteiger charge is -2.31. The molecular weight excluding hydrogens is 298 g/mol. The number of hydrogen-bond acceptors (Lipinski definition) is 3. The van der Waals surface area contributed by atoms with Gasteiger partial charge in [0, 0.05) is 6.54 Å². The van der Waals surface area contributed by atoms with E-state index in [0.29, 0.717) is 6.54 Å². The molecular formula is C13H22BrNO3. The molecule has 1 heterocycles. The number of rotatable bonds is 2. The normalized spacial score (nSPS) is 21.3. The molecule has 4 nitrogen and oxygen atoms in total. The summed E-state index contributed by atoms with van der Waals surface area (Å²) in [5.41, 5.74) is -0.522. The van der Waals surface area contributed by atoms with Gasteiger partial charge in [0.25, 0.3) is 0 Å². The molecule has 104 valence electrons. The lowest BCUT2D eigenvalue weighted by atomic mass is 10.1. The van der Waals surface area contributed by atoms with E-state index in [2.05, 4.69) is 15.9 Å². The molecule has 0 aliphatic carbocycles. The molecule has 0 saturated carbocycles. The van der Waals surface area contributed by atoms with Crippen LogP contribution in [0.3, 0.4) is 0 Å². The first-order chi connectivity index (χ1) is 8.35. The molecule has 0 radical (unpaired) electrons. The Hall–Kier alpha value is -0.580. The van der Waals surface area contributed by atoms with Crippen molar-refractivity contribution < 1.29 is 14.3 Å². The van der Waals surface area contributed by atoms with Gasteiger partial charge in [0.15, 0.2) is 5.78 Å². The van der Waals surface area contributed by atoms with Gasteiger partial charge in [-0.2, -0.15) is 0 Å². The summed E-state index contributed by atoms with van der Waals surface area (Å²) in [4.78, 5) is 25.6. The summed E-state index contributed by atoms with van der Waals surface area (Å²) in [6.07, 6.45) is 3.35. The van der Waals surface area contributed by atoms with Crippen molar-refractivity contribution in [3.8, 4) is 0 Å². The second-order valence-corrected chi connectivity index (χ2v) is 6.20. The van der Waals surface area contributed by atoms with Gasteiger partial charge < -0.3 is 4.74 Å². The summed E-state index contributed by atoms with van der Waals surface area (Å²) in [7, 11) is 0. The maximum Gasteiger partial charge on any atom is 0.410 e. The highest BCUT2D eigenvalue weighted by molar-refractivity contribution is 9.09. The molecule has 0 aromatic heterocycles. The Balaban J connectivity index is 2.79. The molecule has 1 rings (SSSR count). The number of halogens is 1. The first-order valence-corrected chi connectivity index (χ1v) is 7.55. The van der Waals surface area contributed by atoms with Crippen LogP contribution in [0.5, 0.6) is 0 Å². The molecule has 0 spiro atoms. The van der Waals surface area contributed by atoms with E-state index < -0.39 is 5.60 Å². The van der Waals surface area contributed by atoms with Crippen LogP contribution in [0.2, 0.25) is 0 Å². The Morgan fingerprint density at radius 1 is 1.28 bits per heavy atom. The van der Waals surface area contributed by atoms with Gasteiger partial charge in [0.2, 0.25) is 0 Å². The van der Waals surface area contributed by atoms with E-state index in [1.54, 1.807) is 4.90 Å². The smallest absolute Gasteiger partial charge is 0.410 e. The van der Waals surface area contributed by atoms with Crippen molar-refractivity contribution in [1.29, 1.82) is 0 Å². The molecule has 1 fully saturated rings. The van der Waals surface area contributed by atoms with Crippen LogP contribution < -0.4 is 0 Å². The van der Waals surface area contributed by atoms with E-state index in [4.69, 9.17) is 4.74 Å². The fourth-order valence-corrected chi connectivity index (χ4v) is 2.44. The van der Waals surface area contributed by atoms with Crippen molar-refractivity contribution >= 4 is 27.8 Å². The Kier molecular flexibility index (Phi) is 5.63. The van der Waals surface area contributed by atoms with Gasteiger partial charge in [-0.3, -0.25) is 9.69 Å². The molecule has 1 amide bonds. The van der Waals surface area contributed by atoms with Crippen LogP contribution in [0.4, 0.5) is 4.79 Å². The van der Waals surface area contributed by atoms with E-state index in [0.717, 1.165) is 25.7 Å². The first kappa shape index (κ1) is 15.5. The lowest BCUT2D eigenvalue weighted by Crippen LogP contribution is -2.47. The van der Waals surface area contributed by atoms with Gasteiger partial charge in [0.05, 0.1) is 11.4 Å². The maximum atomic E-state index is 12.1. The standard InChI is InChI=1S/C13H22BrNO3/c1-13(2,3)18-12(17)15-8-6-4-5-7-10(15)11(16)9-14/h10H,4-9H2,1-3H3. The third kappa shape index (κ3) is 4.59. The molecule has 1 aliphatic heterocycles. The molecule has 1 aliphatic rings. The SMILES string of the molecule is CC(C)(C)OC(=O)N1CCCCCC1C(=O)CBr. The Morgan fingerprint density at radius 3 is 2.50 bits per heavy atom. The summed E-state index contributed by atoms with van der Waals surface area (Å²) in [6, 6.07) is -0.332. The molecule has 1 unspecified atom stereocenters. The minimum atomic E-state index is -0.522. The van der Waals surface area contributed by atoms with Crippen molar-refractivity contribution in [2.24, 2.45) is 0 Å². The predicted octanol–water partition coefficient (Wildman–Crippen LogP) is 3.13. The third-order valence-corrected chi connectivity index (χ3v) is 3.44. The molecule has 1 atom stereocenters. The van der Waals surface area contributed by atoms with Crippen LogP contribution >= 0.6 is 15.9 Å². The fourth-order valence-electron chi connectivity index (χ4n) is 2.07. The summed E-state index contributed by atoms with van der Waals surface area (Å²) in [5, 5.41) is 0.289. The quantitative estimate of drug-likeness (QED) is 0.735. The number of ketones is 1. The Morgan fingerprint density at radius 2 is 1.94 bits per heavy atom. The number of ether oxygens (including phenoxy) is 1. The van der Waals surface area contributed by atoms with Gasteiger partial charge in [-0.1, -0.05) is 28.8 Å². The summed E-state index contributed by atoms with van der Waals surface area (Å²) in [6.45, 7) is 6.12. The average Bonchev–Trinajstić information content (AvgIpc) is 2.50. The number of amides is 1. The van der Waals surface area contributed by atoms with E-state index in [9.17, 15) is 9.59 Å². The van der Waals surface area contributed by atoms with Crippen molar-refractivity contribution in [2.75, 3.05) is 11.9 Å². The van der Waals surface area contributed by atoms with Gasteiger partial charge in [0.1, 0.15) is 5.60 Å². The fraction of sp³-hybridized carbons (Fsp3) is 0.846. The van der Waals surface area contributed by atoms with E-state index in [1.807, 2.05) is 20.8 Å². The van der Waals surface area contributed by atoms with Crippen molar-refractivity contribution in [2.45, 2.75) is 58.1 Å². The van der Waals surface area contributed by atoms with Crippen molar-refractivity contribution in [3.05, 3.63) is 0 Å². The first-order valence-electron chi connectivity index (χ1n) is 6.43. The summed E-state index contributed by atoms with van der Waals surface area (Å²) in [5.74, 6) is 0.0581. The van der Waals surface area contributed by atoms with Crippen LogP contribution in [-0.2, 0) is 9.53 Å². The van der Waals surface area contributed by atoms with Crippen LogP contribution in [0.25, 0.3) is 0 Å². The van der Waals surface area contributed by atoms with Gasteiger partial charge >= 0.3 is 6.09 Å². The number of Topliss-reactive ketones (excluding diaryl/α,β-unsaturated/α-hetero) is 1. The minimum absolute atomic E-state index is 0.0581. The van der Waals surface area contributed by atoms with E-state index in [-0.39, 0.29) is 23.2 Å². The van der Waals surface area contributed by atoms with Gasteiger partial charge in [-0.05, 0) is 33.6 Å².